The summed E-state index contributed by atoms with van der Waals surface area (Å²) in [5.41, 5.74) is 5.21. The van der Waals surface area contributed by atoms with E-state index in [0.29, 0.717) is 5.56 Å². The number of aryl methyl sites for hydroxylation is 1. The summed E-state index contributed by atoms with van der Waals surface area (Å²) < 4.78 is 0. The monoisotopic (exact) mass is 341 g/mol. The minimum atomic E-state index is 0.641. The van der Waals surface area contributed by atoms with Crippen molar-refractivity contribution in [2.75, 3.05) is 16.8 Å². The van der Waals surface area contributed by atoms with Crippen molar-refractivity contribution in [1.29, 1.82) is 5.26 Å². The molecular weight excluding hydrogens is 322 g/mol. The topological polar surface area (TPSA) is 64.8 Å². The lowest BCUT2D eigenvalue weighted by Gasteiger charge is -2.29. The van der Waals surface area contributed by atoms with Gasteiger partial charge in [-0.3, -0.25) is 0 Å². The van der Waals surface area contributed by atoms with Crippen LogP contribution in [0.25, 0.3) is 0 Å². The van der Waals surface area contributed by atoms with Gasteiger partial charge in [-0.05, 0) is 48.7 Å². The van der Waals surface area contributed by atoms with Gasteiger partial charge in [0.2, 0.25) is 5.95 Å². The van der Waals surface area contributed by atoms with Crippen molar-refractivity contribution in [1.82, 2.24) is 9.97 Å². The van der Waals surface area contributed by atoms with Crippen LogP contribution in [-0.2, 0) is 13.0 Å². The highest BCUT2D eigenvalue weighted by Crippen LogP contribution is 2.24. The number of anilines is 3. The first-order valence-electron chi connectivity index (χ1n) is 8.66. The predicted octanol–water partition coefficient (Wildman–Crippen LogP) is 3.96. The van der Waals surface area contributed by atoms with Crippen LogP contribution in [0.3, 0.4) is 0 Å². The van der Waals surface area contributed by atoms with Crippen LogP contribution in [0.2, 0.25) is 0 Å². The molecule has 1 aliphatic heterocycles. The molecule has 1 aliphatic rings. The van der Waals surface area contributed by atoms with E-state index in [2.05, 4.69) is 45.5 Å². The molecule has 2 aromatic carbocycles. The van der Waals surface area contributed by atoms with E-state index < -0.39 is 0 Å². The third-order valence-corrected chi connectivity index (χ3v) is 4.54. The summed E-state index contributed by atoms with van der Waals surface area (Å²) >= 11 is 0. The fourth-order valence-electron chi connectivity index (χ4n) is 3.20. The van der Waals surface area contributed by atoms with E-state index in [1.807, 2.05) is 25.1 Å². The first kappa shape index (κ1) is 16.1. The zero-order chi connectivity index (χ0) is 17.9. The second-order valence-electron chi connectivity index (χ2n) is 6.45. The molecule has 0 unspecified atom stereocenters. The molecule has 0 saturated carbocycles. The molecule has 1 aromatic heterocycles. The number of nitrogens with zero attached hydrogens (tertiary/aromatic N) is 4. The average Bonchev–Trinajstić information content (AvgIpc) is 2.68. The van der Waals surface area contributed by atoms with Crippen molar-refractivity contribution in [2.45, 2.75) is 19.9 Å². The van der Waals surface area contributed by atoms with Gasteiger partial charge in [0, 0.05) is 30.5 Å². The first-order chi connectivity index (χ1) is 12.7. The van der Waals surface area contributed by atoms with Crippen molar-refractivity contribution in [3.8, 4) is 6.07 Å². The Morgan fingerprint density at radius 2 is 1.81 bits per heavy atom. The van der Waals surface area contributed by atoms with Crippen molar-refractivity contribution in [3.63, 3.8) is 0 Å². The molecule has 3 aromatic rings. The van der Waals surface area contributed by atoms with E-state index in [1.165, 1.54) is 11.1 Å². The zero-order valence-electron chi connectivity index (χ0n) is 14.6. The molecule has 0 radical (unpaired) electrons. The largest absolute Gasteiger partial charge is 0.340 e. The predicted molar refractivity (Wildman–Crippen MR) is 102 cm³/mol. The van der Waals surface area contributed by atoms with Gasteiger partial charge in [-0.25, -0.2) is 4.98 Å². The summed E-state index contributed by atoms with van der Waals surface area (Å²) in [4.78, 5) is 11.6. The highest BCUT2D eigenvalue weighted by molar-refractivity contribution is 5.59. The van der Waals surface area contributed by atoms with E-state index in [1.54, 1.807) is 12.1 Å². The molecule has 5 nitrogen and oxygen atoms in total. The number of hydrogen-bond acceptors (Lipinski definition) is 5. The summed E-state index contributed by atoms with van der Waals surface area (Å²) in [5, 5.41) is 12.2. The summed E-state index contributed by atoms with van der Waals surface area (Å²) in [6.45, 7) is 3.72. The number of benzene rings is 2. The number of rotatable bonds is 3. The Bertz CT molecular complexity index is 972. The highest BCUT2D eigenvalue weighted by Gasteiger charge is 2.18. The number of nitriles is 1. The molecule has 0 amide bonds. The maximum atomic E-state index is 8.91. The normalized spacial score (nSPS) is 13.0. The molecule has 0 spiro atoms. The fourth-order valence-corrected chi connectivity index (χ4v) is 3.20. The third kappa shape index (κ3) is 3.35. The number of nitrogens with one attached hydrogen (secondary N) is 1. The smallest absolute Gasteiger partial charge is 0.227 e. The van der Waals surface area contributed by atoms with Gasteiger partial charge >= 0.3 is 0 Å². The van der Waals surface area contributed by atoms with Crippen LogP contribution < -0.4 is 10.2 Å². The summed E-state index contributed by atoms with van der Waals surface area (Å²) in [5.74, 6) is 1.51. The van der Waals surface area contributed by atoms with Crippen LogP contribution in [0.5, 0.6) is 0 Å². The van der Waals surface area contributed by atoms with Crippen molar-refractivity contribution in [3.05, 3.63) is 77.0 Å². The van der Waals surface area contributed by atoms with Crippen molar-refractivity contribution in [2.24, 2.45) is 0 Å². The number of fused-ring (bicyclic) bond motifs is 1. The molecule has 0 bridgehead atoms. The van der Waals surface area contributed by atoms with Crippen LogP contribution in [0.15, 0.2) is 54.6 Å². The standard InChI is InChI=1S/C21H19N5/c1-15-12-20(24-19-8-6-16(13-22)7-9-19)25-21(23-15)26-11-10-17-4-2-3-5-18(17)14-26/h2-9,12H,10-11,14H2,1H3,(H,23,24,25). The SMILES string of the molecule is Cc1cc(Nc2ccc(C#N)cc2)nc(N2CCc3ccccc3C2)n1. The lowest BCUT2D eigenvalue weighted by atomic mass is 10.0. The molecule has 5 heteroatoms. The van der Waals surface area contributed by atoms with Crippen molar-refractivity contribution >= 4 is 17.5 Å². The van der Waals surface area contributed by atoms with Crippen LogP contribution in [-0.4, -0.2) is 16.5 Å². The first-order valence-corrected chi connectivity index (χ1v) is 8.66. The summed E-state index contributed by atoms with van der Waals surface area (Å²) in [7, 11) is 0. The van der Waals surface area contributed by atoms with E-state index in [9.17, 15) is 0 Å². The van der Waals surface area contributed by atoms with Gasteiger partial charge in [-0.1, -0.05) is 24.3 Å². The lowest BCUT2D eigenvalue weighted by molar-refractivity contribution is 0.706. The van der Waals surface area contributed by atoms with E-state index >= 15 is 0 Å². The van der Waals surface area contributed by atoms with Crippen molar-refractivity contribution < 1.29 is 0 Å². The minimum Gasteiger partial charge on any atom is -0.340 e. The maximum Gasteiger partial charge on any atom is 0.227 e. The lowest BCUT2D eigenvalue weighted by Crippen LogP contribution is -2.32. The summed E-state index contributed by atoms with van der Waals surface area (Å²) in [6.07, 6.45) is 1.01. The maximum absolute atomic E-state index is 8.91. The van der Waals surface area contributed by atoms with Gasteiger partial charge < -0.3 is 10.2 Å². The van der Waals surface area contributed by atoms with E-state index in [-0.39, 0.29) is 0 Å². The van der Waals surface area contributed by atoms with Gasteiger partial charge in [-0.2, -0.15) is 10.2 Å². The number of aromatic nitrogens is 2. The van der Waals surface area contributed by atoms with E-state index in [4.69, 9.17) is 10.2 Å². The molecule has 2 heterocycles. The van der Waals surface area contributed by atoms with E-state index in [0.717, 1.165) is 42.7 Å². The van der Waals surface area contributed by atoms with Gasteiger partial charge in [0.25, 0.3) is 0 Å². The van der Waals surface area contributed by atoms with Gasteiger partial charge in [-0.15, -0.1) is 0 Å². The number of hydrogen-bond donors (Lipinski definition) is 1. The van der Waals surface area contributed by atoms with Crippen LogP contribution >= 0.6 is 0 Å². The Kier molecular flexibility index (Phi) is 4.24. The molecule has 0 fully saturated rings. The van der Waals surface area contributed by atoms with Gasteiger partial charge in [0.1, 0.15) is 5.82 Å². The molecule has 0 saturated heterocycles. The molecule has 4 rings (SSSR count). The van der Waals surface area contributed by atoms with Crippen LogP contribution in [0.1, 0.15) is 22.4 Å². The second kappa shape index (κ2) is 6.85. The van der Waals surface area contributed by atoms with Gasteiger partial charge in [0.15, 0.2) is 0 Å². The Hall–Kier alpha value is -3.39. The third-order valence-electron chi connectivity index (χ3n) is 4.54. The Morgan fingerprint density at radius 3 is 2.58 bits per heavy atom. The second-order valence-corrected chi connectivity index (χ2v) is 6.45. The van der Waals surface area contributed by atoms with Gasteiger partial charge in [0.05, 0.1) is 11.6 Å². The molecule has 0 atom stereocenters. The fraction of sp³-hybridized carbons (Fsp3) is 0.190. The quantitative estimate of drug-likeness (QED) is 0.781. The Balaban J connectivity index is 1.57. The summed E-state index contributed by atoms with van der Waals surface area (Å²) in [6, 6.07) is 19.9. The minimum absolute atomic E-state index is 0.641. The Labute approximate surface area is 153 Å². The molecule has 1 N–H and O–H groups in total. The zero-order valence-corrected chi connectivity index (χ0v) is 14.6. The van der Waals surface area contributed by atoms with Crippen LogP contribution in [0, 0.1) is 18.3 Å². The molecule has 0 aliphatic carbocycles. The average molecular weight is 341 g/mol. The Morgan fingerprint density at radius 1 is 1.04 bits per heavy atom. The van der Waals surface area contributed by atoms with Crippen LogP contribution in [0.4, 0.5) is 17.5 Å². The molecular formula is C21H19N5. The highest BCUT2D eigenvalue weighted by atomic mass is 15.3. The molecule has 128 valence electrons. The molecule has 26 heavy (non-hydrogen) atoms.